The molecule has 0 radical (unpaired) electrons. The average Bonchev–Trinajstić information content (AvgIpc) is 2.84. The molecule has 2 aromatic carbocycles. The molecule has 2 aromatic rings. The maximum absolute atomic E-state index is 13.2. The molecule has 4 rings (SSSR count). The van der Waals surface area contributed by atoms with Crippen LogP contribution in [-0.4, -0.2) is 29.4 Å². The molecule has 0 aliphatic carbocycles. The highest BCUT2D eigenvalue weighted by molar-refractivity contribution is 6.31. The van der Waals surface area contributed by atoms with Crippen molar-refractivity contribution in [3.8, 4) is 22.9 Å². The van der Waals surface area contributed by atoms with Crippen molar-refractivity contribution in [1.29, 1.82) is 5.26 Å². The standard InChI is InChI=1S/C21H19ClN4O2/c1-20(2)11-21(18(27)26(3)19(24)25-21)16-9-13(4-5-17(16)28-20)14-6-12(10-23)7-15(22)8-14/h4-9H,11H2,1-3H3,(H2,24,25). The second-order valence-corrected chi connectivity index (χ2v) is 8.22. The first-order chi connectivity index (χ1) is 13.1. The molecular weight excluding hydrogens is 376 g/mol. The summed E-state index contributed by atoms with van der Waals surface area (Å²) in [5.74, 6) is 0.611. The van der Waals surface area contributed by atoms with Crippen LogP contribution in [0.25, 0.3) is 11.1 Å². The maximum Gasteiger partial charge on any atom is 0.261 e. The van der Waals surface area contributed by atoms with Gasteiger partial charge in [0.25, 0.3) is 5.91 Å². The zero-order valence-electron chi connectivity index (χ0n) is 15.8. The van der Waals surface area contributed by atoms with Gasteiger partial charge in [0.15, 0.2) is 11.5 Å². The number of fused-ring (bicyclic) bond motifs is 2. The monoisotopic (exact) mass is 394 g/mol. The summed E-state index contributed by atoms with van der Waals surface area (Å²) in [6.07, 6.45) is 0.374. The molecule has 0 saturated carbocycles. The van der Waals surface area contributed by atoms with E-state index in [4.69, 9.17) is 22.1 Å². The van der Waals surface area contributed by atoms with E-state index in [1.54, 1.807) is 25.2 Å². The Labute approximate surface area is 168 Å². The highest BCUT2D eigenvalue weighted by Gasteiger charge is 2.55. The number of amides is 1. The second kappa shape index (κ2) is 5.98. The van der Waals surface area contributed by atoms with E-state index >= 15 is 0 Å². The molecule has 7 heteroatoms. The van der Waals surface area contributed by atoms with Crippen LogP contribution in [0.1, 0.15) is 31.4 Å². The van der Waals surface area contributed by atoms with E-state index < -0.39 is 11.1 Å². The summed E-state index contributed by atoms with van der Waals surface area (Å²) in [4.78, 5) is 19.1. The van der Waals surface area contributed by atoms with Crippen LogP contribution in [0.2, 0.25) is 5.02 Å². The molecule has 6 nitrogen and oxygen atoms in total. The summed E-state index contributed by atoms with van der Waals surface area (Å²) in [5.41, 5.74) is 7.01. The molecule has 142 valence electrons. The highest BCUT2D eigenvalue weighted by Crippen LogP contribution is 2.49. The number of carbonyl (C=O) groups excluding carboxylic acids is 1. The zero-order valence-corrected chi connectivity index (χ0v) is 16.5. The first-order valence-corrected chi connectivity index (χ1v) is 9.21. The van der Waals surface area contributed by atoms with Gasteiger partial charge in [-0.05, 0) is 55.3 Å². The predicted octanol–water partition coefficient (Wildman–Crippen LogP) is 3.42. The minimum absolute atomic E-state index is 0.177. The van der Waals surface area contributed by atoms with E-state index in [1.165, 1.54) is 4.90 Å². The van der Waals surface area contributed by atoms with Crippen LogP contribution >= 0.6 is 11.6 Å². The van der Waals surface area contributed by atoms with E-state index in [0.29, 0.717) is 28.3 Å². The number of aliphatic imine (C=N–C) groups is 1. The van der Waals surface area contributed by atoms with Crippen LogP contribution in [0.4, 0.5) is 0 Å². The van der Waals surface area contributed by atoms with E-state index in [0.717, 1.165) is 11.1 Å². The van der Waals surface area contributed by atoms with Gasteiger partial charge in [-0.2, -0.15) is 5.26 Å². The van der Waals surface area contributed by atoms with Crippen molar-refractivity contribution in [2.75, 3.05) is 7.05 Å². The number of nitriles is 1. The lowest BCUT2D eigenvalue weighted by atomic mass is 9.77. The number of hydrogen-bond acceptors (Lipinski definition) is 5. The summed E-state index contributed by atoms with van der Waals surface area (Å²) < 4.78 is 6.13. The molecule has 0 bridgehead atoms. The van der Waals surface area contributed by atoms with Gasteiger partial charge in [-0.3, -0.25) is 9.69 Å². The third-order valence-electron chi connectivity index (χ3n) is 5.16. The first-order valence-electron chi connectivity index (χ1n) is 8.83. The Kier molecular flexibility index (Phi) is 3.91. The van der Waals surface area contributed by atoms with Gasteiger partial charge in [0, 0.05) is 24.1 Å². The lowest BCUT2D eigenvalue weighted by molar-refractivity contribution is -0.133. The number of nitrogens with zero attached hydrogens (tertiary/aromatic N) is 3. The van der Waals surface area contributed by atoms with Crippen molar-refractivity contribution < 1.29 is 9.53 Å². The van der Waals surface area contributed by atoms with Crippen molar-refractivity contribution in [3.05, 3.63) is 52.5 Å². The van der Waals surface area contributed by atoms with Gasteiger partial charge in [-0.25, -0.2) is 4.99 Å². The van der Waals surface area contributed by atoms with E-state index in [1.807, 2.05) is 32.0 Å². The molecule has 2 N–H and O–H groups in total. The van der Waals surface area contributed by atoms with Crippen molar-refractivity contribution in [2.24, 2.45) is 10.7 Å². The molecule has 1 amide bonds. The number of ether oxygens (including phenoxy) is 1. The van der Waals surface area contributed by atoms with Gasteiger partial charge in [0.05, 0.1) is 11.6 Å². The van der Waals surface area contributed by atoms with Crippen LogP contribution in [0, 0.1) is 11.3 Å². The smallest absolute Gasteiger partial charge is 0.261 e. The fourth-order valence-electron chi connectivity index (χ4n) is 3.98. The largest absolute Gasteiger partial charge is 0.487 e. The molecule has 1 unspecified atom stereocenters. The van der Waals surface area contributed by atoms with Crippen molar-refractivity contribution in [3.63, 3.8) is 0 Å². The summed E-state index contributed by atoms with van der Waals surface area (Å²) in [5, 5.41) is 9.70. The second-order valence-electron chi connectivity index (χ2n) is 7.78. The van der Waals surface area contributed by atoms with Crippen LogP contribution in [0.15, 0.2) is 41.4 Å². The number of nitrogens with two attached hydrogens (primary N) is 1. The number of carbonyl (C=O) groups is 1. The fraction of sp³-hybridized carbons (Fsp3) is 0.286. The Bertz CT molecular complexity index is 1090. The lowest BCUT2D eigenvalue weighted by Gasteiger charge is -2.41. The number of hydrogen-bond donors (Lipinski definition) is 1. The number of rotatable bonds is 1. The third-order valence-corrected chi connectivity index (χ3v) is 5.38. The Balaban J connectivity index is 1.93. The van der Waals surface area contributed by atoms with Gasteiger partial charge >= 0.3 is 0 Å². The maximum atomic E-state index is 13.2. The molecule has 28 heavy (non-hydrogen) atoms. The molecule has 2 aliphatic heterocycles. The molecule has 0 fully saturated rings. The molecule has 1 spiro atoms. The molecule has 1 atom stereocenters. The molecule has 2 heterocycles. The topological polar surface area (TPSA) is 91.7 Å². The van der Waals surface area contributed by atoms with Crippen molar-refractivity contribution in [1.82, 2.24) is 4.90 Å². The quantitative estimate of drug-likeness (QED) is 0.802. The van der Waals surface area contributed by atoms with Gasteiger partial charge in [0.1, 0.15) is 11.4 Å². The van der Waals surface area contributed by atoms with Gasteiger partial charge < -0.3 is 10.5 Å². The van der Waals surface area contributed by atoms with Crippen molar-refractivity contribution >= 4 is 23.5 Å². The third kappa shape index (κ3) is 2.71. The predicted molar refractivity (Wildman–Crippen MR) is 107 cm³/mol. The SMILES string of the molecule is CN1C(=O)C2(CC(C)(C)Oc3ccc(-c4cc(Cl)cc(C#N)c4)cc32)N=C1N. The normalized spacial score (nSPS) is 22.5. The lowest BCUT2D eigenvalue weighted by Crippen LogP contribution is -2.49. The minimum atomic E-state index is -1.12. The van der Waals surface area contributed by atoms with E-state index in [2.05, 4.69) is 11.1 Å². The summed E-state index contributed by atoms with van der Waals surface area (Å²) in [6.45, 7) is 3.86. The Morgan fingerprint density at radius 1 is 1.25 bits per heavy atom. The van der Waals surface area contributed by atoms with Gasteiger partial charge in [-0.1, -0.05) is 17.7 Å². The van der Waals surface area contributed by atoms with E-state index in [-0.39, 0.29) is 11.9 Å². The Morgan fingerprint density at radius 3 is 2.64 bits per heavy atom. The zero-order chi connectivity index (χ0) is 20.3. The highest BCUT2D eigenvalue weighted by atomic mass is 35.5. The summed E-state index contributed by atoms with van der Waals surface area (Å²) >= 11 is 6.17. The van der Waals surface area contributed by atoms with Gasteiger partial charge in [-0.15, -0.1) is 0 Å². The Hall–Kier alpha value is -3.04. The van der Waals surface area contributed by atoms with Crippen LogP contribution in [0.5, 0.6) is 5.75 Å². The average molecular weight is 395 g/mol. The Morgan fingerprint density at radius 2 is 2.00 bits per heavy atom. The number of guanidine groups is 1. The molecule has 0 aromatic heterocycles. The first kappa shape index (κ1) is 18.3. The fourth-order valence-corrected chi connectivity index (χ4v) is 4.21. The number of halogens is 1. The number of likely N-dealkylation sites (N-methyl/N-ethyl adjacent to an activating group) is 1. The van der Waals surface area contributed by atoms with E-state index in [9.17, 15) is 10.1 Å². The molecular formula is C21H19ClN4O2. The van der Waals surface area contributed by atoms with Gasteiger partial charge in [0.2, 0.25) is 0 Å². The van der Waals surface area contributed by atoms with Crippen LogP contribution in [-0.2, 0) is 10.3 Å². The number of benzene rings is 2. The minimum Gasteiger partial charge on any atom is -0.487 e. The summed E-state index contributed by atoms with van der Waals surface area (Å²) in [7, 11) is 1.62. The van der Waals surface area contributed by atoms with Crippen LogP contribution in [0.3, 0.4) is 0 Å². The molecule has 0 saturated heterocycles. The van der Waals surface area contributed by atoms with Crippen LogP contribution < -0.4 is 10.5 Å². The summed E-state index contributed by atoms with van der Waals surface area (Å²) in [6, 6.07) is 12.9. The van der Waals surface area contributed by atoms with Crippen molar-refractivity contribution in [2.45, 2.75) is 31.4 Å². The molecule has 2 aliphatic rings.